The Morgan fingerprint density at radius 2 is 1.86 bits per heavy atom. The molecular formula is C29H32N2O5S. The Morgan fingerprint density at radius 3 is 2.54 bits per heavy atom. The number of aryl methyl sites for hydroxylation is 1. The average molecular weight is 521 g/mol. The number of hydrogen-bond acceptors (Lipinski definition) is 7. The van der Waals surface area contributed by atoms with Gasteiger partial charge in [0, 0.05) is 0 Å². The fraction of sp³-hybridized carbons (Fsp3) is 0.345. The lowest BCUT2D eigenvalue weighted by Gasteiger charge is -2.24. The van der Waals surface area contributed by atoms with Gasteiger partial charge in [0.15, 0.2) is 16.3 Å². The third-order valence-electron chi connectivity index (χ3n) is 6.15. The van der Waals surface area contributed by atoms with Gasteiger partial charge in [-0.15, -0.1) is 0 Å². The van der Waals surface area contributed by atoms with Crippen molar-refractivity contribution in [1.29, 1.82) is 0 Å². The van der Waals surface area contributed by atoms with Crippen LogP contribution < -0.4 is 24.4 Å². The molecule has 1 atom stereocenters. The van der Waals surface area contributed by atoms with Crippen LogP contribution in [0.25, 0.3) is 6.08 Å². The predicted molar refractivity (Wildman–Crippen MR) is 145 cm³/mol. The Labute approximate surface area is 220 Å². The SMILES string of the molecule is CCCCOc1ccc(/C=c2/sc3n(c2=O)[C@H](c2ccc(C)cc2)C(C(=O)OCC)=C(C)N=3)cc1OC. The van der Waals surface area contributed by atoms with Crippen LogP contribution >= 0.6 is 11.3 Å². The molecular weight excluding hydrogens is 488 g/mol. The lowest BCUT2D eigenvalue weighted by atomic mass is 9.95. The summed E-state index contributed by atoms with van der Waals surface area (Å²) in [7, 11) is 1.60. The number of ether oxygens (including phenoxy) is 3. The van der Waals surface area contributed by atoms with E-state index in [1.807, 2.05) is 55.5 Å². The van der Waals surface area contributed by atoms with E-state index in [0.717, 1.165) is 29.5 Å². The van der Waals surface area contributed by atoms with Crippen LogP contribution in [-0.2, 0) is 9.53 Å². The van der Waals surface area contributed by atoms with Crippen molar-refractivity contribution in [1.82, 2.24) is 4.57 Å². The number of carbonyl (C=O) groups is 1. The Kier molecular flexibility index (Phi) is 8.28. The van der Waals surface area contributed by atoms with Crippen molar-refractivity contribution in [2.24, 2.45) is 4.99 Å². The number of esters is 1. The molecule has 0 unspecified atom stereocenters. The minimum absolute atomic E-state index is 0.217. The first kappa shape index (κ1) is 26.4. The Morgan fingerprint density at radius 1 is 1.11 bits per heavy atom. The second-order valence-corrected chi connectivity index (χ2v) is 9.83. The van der Waals surface area contributed by atoms with Crippen LogP contribution in [0.15, 0.2) is 63.5 Å². The molecule has 194 valence electrons. The number of benzene rings is 2. The van der Waals surface area contributed by atoms with E-state index in [1.54, 1.807) is 25.5 Å². The highest BCUT2D eigenvalue weighted by Crippen LogP contribution is 2.31. The zero-order chi connectivity index (χ0) is 26.5. The molecule has 0 saturated carbocycles. The van der Waals surface area contributed by atoms with Gasteiger partial charge in [-0.25, -0.2) is 9.79 Å². The van der Waals surface area contributed by atoms with Gasteiger partial charge in [0.05, 0.1) is 42.2 Å². The van der Waals surface area contributed by atoms with Crippen LogP contribution in [0.1, 0.15) is 56.3 Å². The molecule has 2 aromatic carbocycles. The predicted octanol–water partition coefficient (Wildman–Crippen LogP) is 4.29. The number of fused-ring (bicyclic) bond motifs is 1. The van der Waals surface area contributed by atoms with Crippen LogP contribution in [0.3, 0.4) is 0 Å². The smallest absolute Gasteiger partial charge is 0.338 e. The lowest BCUT2D eigenvalue weighted by molar-refractivity contribution is -0.139. The summed E-state index contributed by atoms with van der Waals surface area (Å²) in [5.74, 6) is 0.811. The summed E-state index contributed by atoms with van der Waals surface area (Å²) in [5, 5.41) is 0. The Hall–Kier alpha value is -3.65. The first-order valence-corrected chi connectivity index (χ1v) is 13.3. The van der Waals surface area contributed by atoms with E-state index in [1.165, 1.54) is 11.3 Å². The summed E-state index contributed by atoms with van der Waals surface area (Å²) in [6.07, 6.45) is 3.82. The van der Waals surface area contributed by atoms with Gasteiger partial charge in [0.2, 0.25) is 0 Å². The molecule has 0 N–H and O–H groups in total. The van der Waals surface area contributed by atoms with E-state index < -0.39 is 12.0 Å². The number of carbonyl (C=O) groups excluding carboxylic acids is 1. The second-order valence-electron chi connectivity index (χ2n) is 8.83. The maximum absolute atomic E-state index is 13.7. The van der Waals surface area contributed by atoms with Gasteiger partial charge < -0.3 is 14.2 Å². The average Bonchev–Trinajstić information content (AvgIpc) is 3.18. The normalized spacial score (nSPS) is 15.3. The number of thiazole rings is 1. The molecule has 0 radical (unpaired) electrons. The molecule has 3 aromatic rings. The Bertz CT molecular complexity index is 1500. The van der Waals surface area contributed by atoms with Crippen molar-refractivity contribution in [3.63, 3.8) is 0 Å². The third-order valence-corrected chi connectivity index (χ3v) is 7.13. The third kappa shape index (κ3) is 5.54. The lowest BCUT2D eigenvalue weighted by Crippen LogP contribution is -2.39. The maximum atomic E-state index is 13.7. The van der Waals surface area contributed by atoms with Crippen LogP contribution in [0.4, 0.5) is 0 Å². The standard InChI is InChI=1S/C29H32N2O5S/c1-6-8-15-36-22-14-11-20(16-23(22)34-5)17-24-27(32)31-26(21-12-9-18(3)10-13-21)25(28(33)35-7-2)19(4)30-29(31)37-24/h9-14,16-17,26H,6-8,15H2,1-5H3/b24-17+/t26-/m1/s1. The summed E-state index contributed by atoms with van der Waals surface area (Å²) < 4.78 is 18.8. The zero-order valence-electron chi connectivity index (χ0n) is 21.9. The van der Waals surface area contributed by atoms with Gasteiger partial charge in [-0.3, -0.25) is 9.36 Å². The molecule has 1 aromatic heterocycles. The molecule has 0 spiro atoms. The number of hydrogen-bond donors (Lipinski definition) is 0. The van der Waals surface area contributed by atoms with Crippen molar-refractivity contribution in [3.05, 3.63) is 90.1 Å². The molecule has 8 heteroatoms. The van der Waals surface area contributed by atoms with E-state index in [0.29, 0.717) is 38.7 Å². The largest absolute Gasteiger partial charge is 0.493 e. The van der Waals surface area contributed by atoms with Gasteiger partial charge in [0.1, 0.15) is 0 Å². The number of allylic oxidation sites excluding steroid dienone is 1. The summed E-state index contributed by atoms with van der Waals surface area (Å²) in [6, 6.07) is 12.8. The highest BCUT2D eigenvalue weighted by Gasteiger charge is 2.33. The van der Waals surface area contributed by atoms with Gasteiger partial charge in [-0.2, -0.15) is 0 Å². The summed E-state index contributed by atoms with van der Waals surface area (Å²) in [6.45, 7) is 8.51. The van der Waals surface area contributed by atoms with E-state index in [-0.39, 0.29) is 12.2 Å². The van der Waals surface area contributed by atoms with Crippen molar-refractivity contribution < 1.29 is 19.0 Å². The summed E-state index contributed by atoms with van der Waals surface area (Å²) in [4.78, 5) is 31.9. The summed E-state index contributed by atoms with van der Waals surface area (Å²) >= 11 is 1.29. The Balaban J connectivity index is 1.83. The molecule has 0 bridgehead atoms. The molecule has 0 aliphatic carbocycles. The van der Waals surface area contributed by atoms with Crippen molar-refractivity contribution >= 4 is 23.4 Å². The van der Waals surface area contributed by atoms with Crippen LogP contribution in [-0.4, -0.2) is 30.9 Å². The van der Waals surface area contributed by atoms with Crippen molar-refractivity contribution in [2.45, 2.75) is 46.6 Å². The molecule has 4 rings (SSSR count). The second kappa shape index (κ2) is 11.6. The number of nitrogens with zero attached hydrogens (tertiary/aromatic N) is 2. The number of rotatable bonds is 9. The summed E-state index contributed by atoms with van der Waals surface area (Å²) in [5.41, 5.74) is 3.42. The van der Waals surface area contributed by atoms with Crippen molar-refractivity contribution in [3.8, 4) is 11.5 Å². The molecule has 7 nitrogen and oxygen atoms in total. The van der Waals surface area contributed by atoms with Gasteiger partial charge in [-0.05, 0) is 56.5 Å². The van der Waals surface area contributed by atoms with Crippen LogP contribution in [0, 0.1) is 6.92 Å². The number of aromatic nitrogens is 1. The van der Waals surface area contributed by atoms with E-state index in [2.05, 4.69) is 11.9 Å². The van der Waals surface area contributed by atoms with Gasteiger partial charge in [-0.1, -0.05) is 60.6 Å². The zero-order valence-corrected chi connectivity index (χ0v) is 22.7. The molecule has 1 aliphatic heterocycles. The number of methoxy groups -OCH3 is 1. The van der Waals surface area contributed by atoms with Crippen molar-refractivity contribution in [2.75, 3.05) is 20.3 Å². The van der Waals surface area contributed by atoms with E-state index in [9.17, 15) is 9.59 Å². The minimum Gasteiger partial charge on any atom is -0.493 e. The minimum atomic E-state index is -0.623. The molecule has 0 amide bonds. The maximum Gasteiger partial charge on any atom is 0.338 e. The van der Waals surface area contributed by atoms with E-state index in [4.69, 9.17) is 14.2 Å². The van der Waals surface area contributed by atoms with E-state index >= 15 is 0 Å². The van der Waals surface area contributed by atoms with Gasteiger partial charge >= 0.3 is 5.97 Å². The van der Waals surface area contributed by atoms with Crippen LogP contribution in [0.2, 0.25) is 0 Å². The molecule has 37 heavy (non-hydrogen) atoms. The molecule has 0 saturated heterocycles. The molecule has 2 heterocycles. The molecule has 0 fully saturated rings. The van der Waals surface area contributed by atoms with Crippen LogP contribution in [0.5, 0.6) is 11.5 Å². The fourth-order valence-corrected chi connectivity index (χ4v) is 5.27. The monoisotopic (exact) mass is 520 g/mol. The highest BCUT2D eigenvalue weighted by molar-refractivity contribution is 7.07. The molecule has 1 aliphatic rings. The highest BCUT2D eigenvalue weighted by atomic mass is 32.1. The first-order chi connectivity index (χ1) is 17.9. The van der Waals surface area contributed by atoms with Gasteiger partial charge in [0.25, 0.3) is 5.56 Å². The number of unbranched alkanes of at least 4 members (excludes halogenated alkanes) is 1. The topological polar surface area (TPSA) is 79.1 Å². The quantitative estimate of drug-likeness (QED) is 0.311. The first-order valence-electron chi connectivity index (χ1n) is 12.4. The fourth-order valence-electron chi connectivity index (χ4n) is 4.23.